The highest BCUT2D eigenvalue weighted by molar-refractivity contribution is 6.51. The maximum atomic E-state index is 13.6. The van der Waals surface area contributed by atoms with Crippen LogP contribution in [0.1, 0.15) is 31.0 Å². The van der Waals surface area contributed by atoms with Gasteiger partial charge in [-0.15, -0.1) is 0 Å². The van der Waals surface area contributed by atoms with Crippen molar-refractivity contribution in [1.82, 2.24) is 0 Å². The molecule has 0 aliphatic carbocycles. The Morgan fingerprint density at radius 2 is 1.47 bits per heavy atom. The Morgan fingerprint density at radius 1 is 0.895 bits per heavy atom. The number of ether oxygens (including phenoxy) is 3. The third-order valence-electron chi connectivity index (χ3n) is 6.32. The lowest BCUT2D eigenvalue weighted by molar-refractivity contribution is -0.132. The molecule has 3 aromatic rings. The summed E-state index contributed by atoms with van der Waals surface area (Å²) >= 11 is 0. The molecule has 0 radical (unpaired) electrons. The third kappa shape index (κ3) is 4.89. The van der Waals surface area contributed by atoms with Gasteiger partial charge in [-0.3, -0.25) is 14.5 Å². The molecular formula is C30H32N2O6. The second kappa shape index (κ2) is 10.9. The lowest BCUT2D eigenvalue weighted by Crippen LogP contribution is -2.29. The maximum absolute atomic E-state index is 13.6. The Bertz CT molecular complexity index is 1340. The molecule has 1 atom stereocenters. The number of carbonyl (C=O) groups excluding carboxylic acids is 2. The number of carbonyl (C=O) groups is 2. The molecule has 1 fully saturated rings. The number of rotatable bonds is 8. The first kappa shape index (κ1) is 26.6. The van der Waals surface area contributed by atoms with Crippen LogP contribution in [0.25, 0.3) is 5.76 Å². The van der Waals surface area contributed by atoms with Gasteiger partial charge in [-0.1, -0.05) is 18.2 Å². The van der Waals surface area contributed by atoms with Crippen LogP contribution in [0.4, 0.5) is 11.4 Å². The van der Waals surface area contributed by atoms with E-state index in [0.29, 0.717) is 28.5 Å². The number of anilines is 2. The zero-order chi connectivity index (χ0) is 27.6. The van der Waals surface area contributed by atoms with Crippen LogP contribution in [0.15, 0.2) is 72.3 Å². The second-order valence-electron chi connectivity index (χ2n) is 9.35. The molecule has 4 rings (SSSR count). The number of hydrogen-bond donors (Lipinski definition) is 1. The van der Waals surface area contributed by atoms with E-state index in [-0.39, 0.29) is 23.0 Å². The molecule has 1 unspecified atom stereocenters. The fourth-order valence-corrected chi connectivity index (χ4v) is 4.55. The molecule has 0 spiro atoms. The highest BCUT2D eigenvalue weighted by Crippen LogP contribution is 2.45. The van der Waals surface area contributed by atoms with Crippen LogP contribution in [0.5, 0.6) is 17.2 Å². The van der Waals surface area contributed by atoms with Crippen LogP contribution in [-0.2, 0) is 9.59 Å². The summed E-state index contributed by atoms with van der Waals surface area (Å²) in [7, 11) is 6.76. The monoisotopic (exact) mass is 516 g/mol. The fraction of sp³-hybridized carbons (Fsp3) is 0.267. The SMILES string of the molecule is COc1cccc(OC)c1/C(O)=C1\C(=O)C(=O)N(c2ccc(N(C)C)cc2)C1c1ccc(OC(C)C)cc1. The molecular weight excluding hydrogens is 484 g/mol. The van der Waals surface area contributed by atoms with Crippen molar-refractivity contribution in [2.45, 2.75) is 26.0 Å². The van der Waals surface area contributed by atoms with Crippen molar-refractivity contribution in [2.75, 3.05) is 38.1 Å². The molecule has 1 N–H and O–H groups in total. The Hall–Kier alpha value is -4.46. The van der Waals surface area contributed by atoms with Crippen molar-refractivity contribution in [1.29, 1.82) is 0 Å². The van der Waals surface area contributed by atoms with Crippen molar-refractivity contribution in [3.8, 4) is 17.2 Å². The standard InChI is InChI=1S/C30H32N2O6/c1-18(2)38-22-16-10-19(11-17-22)27-26(28(33)25-23(36-5)8-7-9-24(25)37-6)29(34)30(35)32(27)21-14-12-20(13-15-21)31(3)4/h7-18,27,33H,1-6H3/b28-26+. The third-order valence-corrected chi connectivity index (χ3v) is 6.32. The van der Waals surface area contributed by atoms with Gasteiger partial charge in [0.15, 0.2) is 0 Å². The number of hydrogen-bond acceptors (Lipinski definition) is 7. The number of methoxy groups -OCH3 is 2. The molecule has 8 nitrogen and oxygen atoms in total. The van der Waals surface area contributed by atoms with Gasteiger partial charge in [0.2, 0.25) is 0 Å². The number of benzene rings is 3. The number of aliphatic hydroxyl groups is 1. The molecule has 8 heteroatoms. The van der Waals surface area contributed by atoms with E-state index in [1.54, 1.807) is 54.6 Å². The van der Waals surface area contributed by atoms with Crippen LogP contribution in [0, 0.1) is 0 Å². The van der Waals surface area contributed by atoms with Gasteiger partial charge in [0, 0.05) is 25.5 Å². The lowest BCUT2D eigenvalue weighted by Gasteiger charge is -2.26. The van der Waals surface area contributed by atoms with Crippen molar-refractivity contribution < 1.29 is 28.9 Å². The van der Waals surface area contributed by atoms with Gasteiger partial charge in [0.1, 0.15) is 28.6 Å². The average Bonchev–Trinajstić information content (AvgIpc) is 3.17. The summed E-state index contributed by atoms with van der Waals surface area (Å²) < 4.78 is 16.7. The molecule has 0 saturated carbocycles. The van der Waals surface area contributed by atoms with Crippen molar-refractivity contribution in [3.63, 3.8) is 0 Å². The smallest absolute Gasteiger partial charge is 0.300 e. The molecule has 0 bridgehead atoms. The van der Waals surface area contributed by atoms with Crippen molar-refractivity contribution in [2.24, 2.45) is 0 Å². The first-order valence-electron chi connectivity index (χ1n) is 12.2. The Kier molecular flexibility index (Phi) is 7.62. The molecule has 1 saturated heterocycles. The van der Waals surface area contributed by atoms with E-state index in [0.717, 1.165) is 5.69 Å². The van der Waals surface area contributed by atoms with Crippen LogP contribution >= 0.6 is 0 Å². The van der Waals surface area contributed by atoms with Gasteiger partial charge < -0.3 is 24.2 Å². The summed E-state index contributed by atoms with van der Waals surface area (Å²) in [4.78, 5) is 30.4. The van der Waals surface area contributed by atoms with Gasteiger partial charge in [-0.25, -0.2) is 0 Å². The number of Topliss-reactive ketones (excluding diaryl/α,β-unsaturated/α-hetero) is 1. The zero-order valence-corrected chi connectivity index (χ0v) is 22.4. The van der Waals surface area contributed by atoms with E-state index in [1.807, 2.05) is 45.0 Å². The maximum Gasteiger partial charge on any atom is 0.300 e. The summed E-state index contributed by atoms with van der Waals surface area (Å²) in [5.41, 5.74) is 2.23. The molecule has 3 aromatic carbocycles. The average molecular weight is 517 g/mol. The highest BCUT2D eigenvalue weighted by Gasteiger charge is 2.47. The lowest BCUT2D eigenvalue weighted by atomic mass is 9.94. The minimum atomic E-state index is -0.900. The van der Waals surface area contributed by atoms with E-state index >= 15 is 0 Å². The summed E-state index contributed by atoms with van der Waals surface area (Å²) in [6.07, 6.45) is -0.0142. The molecule has 1 amide bonds. The Balaban J connectivity index is 1.94. The van der Waals surface area contributed by atoms with Crippen molar-refractivity contribution >= 4 is 28.8 Å². The predicted molar refractivity (Wildman–Crippen MR) is 147 cm³/mol. The summed E-state index contributed by atoms with van der Waals surface area (Å²) in [5, 5.41) is 11.6. The van der Waals surface area contributed by atoms with E-state index in [4.69, 9.17) is 14.2 Å². The number of aliphatic hydroxyl groups excluding tert-OH is 1. The van der Waals surface area contributed by atoms with E-state index < -0.39 is 17.7 Å². The van der Waals surface area contributed by atoms with Gasteiger partial charge >= 0.3 is 0 Å². The number of ketones is 1. The molecule has 1 heterocycles. The molecule has 38 heavy (non-hydrogen) atoms. The predicted octanol–water partition coefficient (Wildman–Crippen LogP) is 5.18. The largest absolute Gasteiger partial charge is 0.506 e. The quantitative estimate of drug-likeness (QED) is 0.251. The Morgan fingerprint density at radius 3 is 1.97 bits per heavy atom. The van der Waals surface area contributed by atoms with Gasteiger partial charge in [-0.2, -0.15) is 0 Å². The van der Waals surface area contributed by atoms with E-state index in [1.165, 1.54) is 19.1 Å². The van der Waals surface area contributed by atoms with E-state index in [9.17, 15) is 14.7 Å². The van der Waals surface area contributed by atoms with E-state index in [2.05, 4.69) is 0 Å². The van der Waals surface area contributed by atoms with Crippen molar-refractivity contribution in [3.05, 3.63) is 83.4 Å². The van der Waals surface area contributed by atoms with Gasteiger partial charge in [0.05, 0.1) is 31.9 Å². The molecule has 1 aliphatic heterocycles. The zero-order valence-electron chi connectivity index (χ0n) is 22.4. The Labute approximate surface area is 222 Å². The van der Waals surface area contributed by atoms with Crippen LogP contribution in [0.3, 0.4) is 0 Å². The highest BCUT2D eigenvalue weighted by atomic mass is 16.5. The molecule has 198 valence electrons. The summed E-state index contributed by atoms with van der Waals surface area (Å²) in [6, 6.07) is 18.6. The summed E-state index contributed by atoms with van der Waals surface area (Å²) in [6.45, 7) is 3.86. The first-order chi connectivity index (χ1) is 18.2. The van der Waals surface area contributed by atoms with Crippen LogP contribution in [0.2, 0.25) is 0 Å². The normalized spacial score (nSPS) is 16.6. The van der Waals surface area contributed by atoms with Gasteiger partial charge in [0.25, 0.3) is 11.7 Å². The topological polar surface area (TPSA) is 88.5 Å². The summed E-state index contributed by atoms with van der Waals surface area (Å²) in [5.74, 6) is -0.657. The first-order valence-corrected chi connectivity index (χ1v) is 12.2. The number of amides is 1. The fourth-order valence-electron chi connectivity index (χ4n) is 4.55. The van der Waals surface area contributed by atoms with Crippen LogP contribution < -0.4 is 24.0 Å². The molecule has 0 aromatic heterocycles. The minimum Gasteiger partial charge on any atom is -0.506 e. The van der Waals surface area contributed by atoms with Gasteiger partial charge in [-0.05, 0) is 67.9 Å². The van der Waals surface area contributed by atoms with Crippen LogP contribution in [-0.4, -0.2) is 51.2 Å². The number of nitrogens with zero attached hydrogens (tertiary/aromatic N) is 2. The molecule has 1 aliphatic rings. The second-order valence-corrected chi connectivity index (χ2v) is 9.35. The minimum absolute atomic E-state index is 0.0142.